The molecule has 1 aliphatic carbocycles. The van der Waals surface area contributed by atoms with E-state index in [-0.39, 0.29) is 5.91 Å². The number of carbonyl (C=O) groups is 1. The molecule has 3 rings (SSSR count). The lowest BCUT2D eigenvalue weighted by molar-refractivity contribution is -0.139. The molecule has 0 atom stereocenters. The SMILES string of the molecule is N#Cc1ccccc1-c1ccc(CNC(=O)C2(O)CCCC2)cc1. The van der Waals surface area contributed by atoms with Crippen LogP contribution in [0.1, 0.15) is 36.8 Å². The van der Waals surface area contributed by atoms with E-state index in [0.29, 0.717) is 24.9 Å². The Labute approximate surface area is 141 Å². The third-order valence-electron chi connectivity index (χ3n) is 4.62. The van der Waals surface area contributed by atoms with Crippen molar-refractivity contribution < 1.29 is 9.90 Å². The fourth-order valence-electron chi connectivity index (χ4n) is 3.17. The van der Waals surface area contributed by atoms with Crippen LogP contribution >= 0.6 is 0 Å². The first kappa shape index (κ1) is 16.2. The van der Waals surface area contributed by atoms with Gasteiger partial charge in [0.1, 0.15) is 5.60 Å². The van der Waals surface area contributed by atoms with Gasteiger partial charge in [0.25, 0.3) is 5.91 Å². The number of benzene rings is 2. The molecular weight excluding hydrogens is 300 g/mol. The van der Waals surface area contributed by atoms with E-state index < -0.39 is 5.60 Å². The molecule has 1 saturated carbocycles. The van der Waals surface area contributed by atoms with Crippen molar-refractivity contribution in [1.82, 2.24) is 5.32 Å². The molecule has 0 unspecified atom stereocenters. The van der Waals surface area contributed by atoms with Gasteiger partial charge in [0.15, 0.2) is 0 Å². The van der Waals surface area contributed by atoms with Crippen molar-refractivity contribution in [2.45, 2.75) is 37.8 Å². The van der Waals surface area contributed by atoms with Crippen LogP contribution < -0.4 is 5.32 Å². The summed E-state index contributed by atoms with van der Waals surface area (Å²) in [5.41, 5.74) is 2.28. The molecule has 4 heteroatoms. The summed E-state index contributed by atoms with van der Waals surface area (Å²) in [7, 11) is 0. The van der Waals surface area contributed by atoms with Gasteiger partial charge in [0, 0.05) is 6.54 Å². The fourth-order valence-corrected chi connectivity index (χ4v) is 3.17. The highest BCUT2D eigenvalue weighted by molar-refractivity contribution is 5.85. The lowest BCUT2D eigenvalue weighted by Gasteiger charge is -2.21. The zero-order valence-electron chi connectivity index (χ0n) is 13.5. The molecule has 1 amide bonds. The quantitative estimate of drug-likeness (QED) is 0.909. The summed E-state index contributed by atoms with van der Waals surface area (Å²) in [4.78, 5) is 12.1. The molecule has 0 aliphatic heterocycles. The van der Waals surface area contributed by atoms with Crippen LogP contribution in [-0.2, 0) is 11.3 Å². The third-order valence-corrected chi connectivity index (χ3v) is 4.62. The summed E-state index contributed by atoms with van der Waals surface area (Å²) in [6.45, 7) is 0.390. The Morgan fingerprint density at radius 1 is 1.12 bits per heavy atom. The minimum absolute atomic E-state index is 0.279. The monoisotopic (exact) mass is 320 g/mol. The van der Waals surface area contributed by atoms with Gasteiger partial charge in [-0.1, -0.05) is 42.5 Å². The number of hydrogen-bond acceptors (Lipinski definition) is 3. The standard InChI is InChI=1S/C20H20N2O2/c21-13-17-5-1-2-6-18(17)16-9-7-15(8-10-16)14-22-19(23)20(24)11-3-4-12-20/h1-2,5-10,24H,3-4,11-12,14H2,(H,22,23). The summed E-state index contributed by atoms with van der Waals surface area (Å²) in [5.74, 6) is -0.279. The minimum Gasteiger partial charge on any atom is -0.380 e. The normalized spacial score (nSPS) is 15.7. The maximum Gasteiger partial charge on any atom is 0.252 e. The second kappa shape index (κ2) is 6.86. The summed E-state index contributed by atoms with van der Waals surface area (Å²) in [6.07, 6.45) is 2.89. The summed E-state index contributed by atoms with van der Waals surface area (Å²) in [5, 5.41) is 22.3. The first-order valence-corrected chi connectivity index (χ1v) is 8.21. The van der Waals surface area contributed by atoms with Gasteiger partial charge >= 0.3 is 0 Å². The van der Waals surface area contributed by atoms with Crippen LogP contribution in [0.25, 0.3) is 11.1 Å². The van der Waals surface area contributed by atoms with Crippen LogP contribution in [0.15, 0.2) is 48.5 Å². The molecule has 4 nitrogen and oxygen atoms in total. The average molecular weight is 320 g/mol. The maximum absolute atomic E-state index is 12.1. The summed E-state index contributed by atoms with van der Waals surface area (Å²) >= 11 is 0. The molecule has 0 aromatic heterocycles. The first-order valence-electron chi connectivity index (χ1n) is 8.21. The Morgan fingerprint density at radius 2 is 1.79 bits per heavy atom. The largest absolute Gasteiger partial charge is 0.380 e. The molecule has 0 saturated heterocycles. The maximum atomic E-state index is 12.1. The van der Waals surface area contributed by atoms with E-state index in [1.165, 1.54) is 0 Å². The molecule has 24 heavy (non-hydrogen) atoms. The van der Waals surface area contributed by atoms with Gasteiger partial charge in [-0.3, -0.25) is 4.79 Å². The van der Waals surface area contributed by atoms with E-state index in [0.717, 1.165) is 29.5 Å². The van der Waals surface area contributed by atoms with Crippen molar-refractivity contribution >= 4 is 5.91 Å². The van der Waals surface area contributed by atoms with Gasteiger partial charge in [-0.2, -0.15) is 5.26 Å². The average Bonchev–Trinajstić information content (AvgIpc) is 3.08. The predicted molar refractivity (Wildman–Crippen MR) is 91.9 cm³/mol. The van der Waals surface area contributed by atoms with Crippen molar-refractivity contribution in [1.29, 1.82) is 5.26 Å². The molecule has 0 heterocycles. The third kappa shape index (κ3) is 3.32. The van der Waals surface area contributed by atoms with Crippen LogP contribution in [0.3, 0.4) is 0 Å². The Bertz CT molecular complexity index is 769. The molecule has 1 aliphatic rings. The zero-order chi connectivity index (χ0) is 17.0. The molecule has 122 valence electrons. The van der Waals surface area contributed by atoms with Crippen molar-refractivity contribution in [3.8, 4) is 17.2 Å². The van der Waals surface area contributed by atoms with Crippen LogP contribution in [0.2, 0.25) is 0 Å². The van der Waals surface area contributed by atoms with E-state index in [1.807, 2.05) is 42.5 Å². The van der Waals surface area contributed by atoms with Gasteiger partial charge in [-0.05, 0) is 48.4 Å². The molecule has 0 bridgehead atoms. The topological polar surface area (TPSA) is 73.1 Å². The Balaban J connectivity index is 1.67. The van der Waals surface area contributed by atoms with Gasteiger partial charge in [-0.15, -0.1) is 0 Å². The van der Waals surface area contributed by atoms with E-state index in [9.17, 15) is 15.2 Å². The number of rotatable bonds is 4. The van der Waals surface area contributed by atoms with Crippen LogP contribution in [0.5, 0.6) is 0 Å². The molecule has 2 aromatic carbocycles. The number of nitrogens with zero attached hydrogens (tertiary/aromatic N) is 1. The summed E-state index contributed by atoms with van der Waals surface area (Å²) < 4.78 is 0. The van der Waals surface area contributed by atoms with Crippen LogP contribution in [0.4, 0.5) is 0 Å². The minimum atomic E-state index is -1.19. The molecule has 1 fully saturated rings. The van der Waals surface area contributed by atoms with E-state index in [2.05, 4.69) is 11.4 Å². The number of nitrogens with one attached hydrogen (secondary N) is 1. The Morgan fingerprint density at radius 3 is 2.46 bits per heavy atom. The van der Waals surface area contributed by atoms with E-state index in [1.54, 1.807) is 6.07 Å². The second-order valence-electron chi connectivity index (χ2n) is 6.28. The zero-order valence-corrected chi connectivity index (χ0v) is 13.5. The lowest BCUT2D eigenvalue weighted by atomic mass is 9.99. The van der Waals surface area contributed by atoms with Crippen molar-refractivity contribution in [2.75, 3.05) is 0 Å². The molecule has 0 spiro atoms. The number of hydrogen-bond donors (Lipinski definition) is 2. The Kier molecular flexibility index (Phi) is 4.64. The first-order chi connectivity index (χ1) is 11.6. The molecule has 0 radical (unpaired) electrons. The molecule has 2 aromatic rings. The number of amides is 1. The van der Waals surface area contributed by atoms with E-state index >= 15 is 0 Å². The van der Waals surface area contributed by atoms with Crippen molar-refractivity contribution in [2.24, 2.45) is 0 Å². The highest BCUT2D eigenvalue weighted by atomic mass is 16.3. The molecular formula is C20H20N2O2. The van der Waals surface area contributed by atoms with Gasteiger partial charge in [0.05, 0.1) is 11.6 Å². The fraction of sp³-hybridized carbons (Fsp3) is 0.300. The summed E-state index contributed by atoms with van der Waals surface area (Å²) in [6, 6.07) is 17.4. The number of aliphatic hydroxyl groups is 1. The smallest absolute Gasteiger partial charge is 0.252 e. The number of nitriles is 1. The van der Waals surface area contributed by atoms with E-state index in [4.69, 9.17) is 0 Å². The second-order valence-corrected chi connectivity index (χ2v) is 6.28. The molecule has 2 N–H and O–H groups in total. The van der Waals surface area contributed by atoms with Crippen molar-refractivity contribution in [3.05, 3.63) is 59.7 Å². The lowest BCUT2D eigenvalue weighted by Crippen LogP contribution is -2.44. The van der Waals surface area contributed by atoms with Crippen LogP contribution in [0, 0.1) is 11.3 Å². The van der Waals surface area contributed by atoms with Gasteiger partial charge in [0.2, 0.25) is 0 Å². The predicted octanol–water partition coefficient (Wildman–Crippen LogP) is 3.15. The van der Waals surface area contributed by atoms with Gasteiger partial charge in [-0.25, -0.2) is 0 Å². The Hall–Kier alpha value is -2.64. The van der Waals surface area contributed by atoms with Crippen LogP contribution in [-0.4, -0.2) is 16.6 Å². The highest BCUT2D eigenvalue weighted by Gasteiger charge is 2.38. The van der Waals surface area contributed by atoms with Crippen molar-refractivity contribution in [3.63, 3.8) is 0 Å². The van der Waals surface area contributed by atoms with Gasteiger partial charge < -0.3 is 10.4 Å². The number of carbonyl (C=O) groups excluding carboxylic acids is 1. The highest BCUT2D eigenvalue weighted by Crippen LogP contribution is 2.29.